The van der Waals surface area contributed by atoms with Crippen LogP contribution in [0.2, 0.25) is 0 Å². The van der Waals surface area contributed by atoms with Gasteiger partial charge in [0.2, 0.25) is 0 Å². The van der Waals surface area contributed by atoms with E-state index >= 15 is 0 Å². The lowest BCUT2D eigenvalue weighted by molar-refractivity contribution is -0.149. The molecule has 1 unspecified atom stereocenters. The van der Waals surface area contributed by atoms with Crippen LogP contribution in [0.4, 0.5) is 0 Å². The Morgan fingerprint density at radius 3 is 2.56 bits per heavy atom. The summed E-state index contributed by atoms with van der Waals surface area (Å²) in [6.07, 6.45) is 0.840. The zero-order valence-electron chi connectivity index (χ0n) is 12.2. The lowest BCUT2D eigenvalue weighted by Gasteiger charge is -2.43. The molecule has 0 aromatic carbocycles. The number of carbonyl (C=O) groups is 1. The first kappa shape index (κ1) is 15.8. The van der Waals surface area contributed by atoms with Gasteiger partial charge in [-0.3, -0.25) is 10.1 Å². The van der Waals surface area contributed by atoms with Crippen molar-refractivity contribution in [1.29, 1.82) is 0 Å². The third kappa shape index (κ3) is 4.14. The number of hydrogen-bond donors (Lipinski definition) is 1. The molecule has 1 aliphatic rings. The average molecular weight is 274 g/mol. The topological polar surface area (TPSA) is 41.6 Å². The zero-order chi connectivity index (χ0) is 13.8. The number of nitrogens with one attached hydrogen (secondary N) is 1. The Kier molecular flexibility index (Phi) is 5.49. The van der Waals surface area contributed by atoms with Gasteiger partial charge in [0.15, 0.2) is 0 Å². The molecule has 0 radical (unpaired) electrons. The number of ether oxygens (including phenoxy) is 1. The summed E-state index contributed by atoms with van der Waals surface area (Å²) >= 11 is 1.83. The second-order valence-electron chi connectivity index (χ2n) is 6.14. The van der Waals surface area contributed by atoms with Gasteiger partial charge in [0.05, 0.1) is 7.11 Å². The van der Waals surface area contributed by atoms with Crippen molar-refractivity contribution < 1.29 is 9.53 Å². The van der Waals surface area contributed by atoms with Gasteiger partial charge in [-0.15, -0.1) is 0 Å². The Bertz CT molecular complexity index is 295. The molecule has 1 aliphatic heterocycles. The summed E-state index contributed by atoms with van der Waals surface area (Å²) in [4.78, 5) is 14.3. The monoisotopic (exact) mass is 274 g/mol. The van der Waals surface area contributed by atoms with Gasteiger partial charge in [-0.25, -0.2) is 0 Å². The molecular formula is C13H26N2O2S. The minimum absolute atomic E-state index is 0.124. The molecule has 0 aromatic heterocycles. The molecule has 0 aliphatic carbocycles. The summed E-state index contributed by atoms with van der Waals surface area (Å²) in [7, 11) is 5.54. The zero-order valence-corrected chi connectivity index (χ0v) is 13.0. The third-order valence-corrected chi connectivity index (χ3v) is 4.90. The first-order chi connectivity index (χ1) is 8.31. The van der Waals surface area contributed by atoms with Crippen molar-refractivity contribution in [2.75, 3.05) is 45.8 Å². The predicted octanol–water partition coefficient (Wildman–Crippen LogP) is 1.21. The molecule has 18 heavy (non-hydrogen) atoms. The molecule has 1 saturated heterocycles. The number of thioether (sulfide) groups is 1. The average Bonchev–Trinajstić information content (AvgIpc) is 2.26. The van der Waals surface area contributed by atoms with Gasteiger partial charge in [0.1, 0.15) is 5.54 Å². The highest BCUT2D eigenvalue weighted by Gasteiger charge is 2.46. The van der Waals surface area contributed by atoms with E-state index in [2.05, 4.69) is 24.1 Å². The van der Waals surface area contributed by atoms with E-state index in [1.165, 1.54) is 7.11 Å². The van der Waals surface area contributed by atoms with E-state index in [4.69, 9.17) is 4.74 Å². The summed E-state index contributed by atoms with van der Waals surface area (Å²) in [5.74, 6) is 1.78. The van der Waals surface area contributed by atoms with Crippen molar-refractivity contribution in [3.63, 3.8) is 0 Å². The highest BCUT2D eigenvalue weighted by atomic mass is 32.2. The van der Waals surface area contributed by atoms with Crippen LogP contribution in [0.3, 0.4) is 0 Å². The van der Waals surface area contributed by atoms with Crippen molar-refractivity contribution in [2.45, 2.75) is 25.8 Å². The summed E-state index contributed by atoms with van der Waals surface area (Å²) in [6, 6.07) is 0. The van der Waals surface area contributed by atoms with Crippen molar-refractivity contribution in [3.05, 3.63) is 0 Å². The van der Waals surface area contributed by atoms with Crippen LogP contribution in [0.25, 0.3) is 0 Å². The highest BCUT2D eigenvalue weighted by molar-refractivity contribution is 7.99. The van der Waals surface area contributed by atoms with Crippen LogP contribution < -0.4 is 5.32 Å². The van der Waals surface area contributed by atoms with E-state index in [-0.39, 0.29) is 11.4 Å². The van der Waals surface area contributed by atoms with Crippen LogP contribution in [0, 0.1) is 5.41 Å². The second-order valence-corrected chi connectivity index (χ2v) is 7.12. The molecule has 0 bridgehead atoms. The summed E-state index contributed by atoms with van der Waals surface area (Å²) in [5, 5.41) is 3.44. The van der Waals surface area contributed by atoms with Crippen LogP contribution in [0.5, 0.6) is 0 Å². The fraction of sp³-hybridized carbons (Fsp3) is 0.923. The number of likely N-dealkylation sites (N-methyl/N-ethyl adjacent to an activating group) is 1. The molecule has 1 N–H and O–H groups in total. The lowest BCUT2D eigenvalue weighted by Crippen LogP contribution is -2.60. The summed E-state index contributed by atoms with van der Waals surface area (Å²) in [6.45, 7) is 6.15. The number of nitrogens with zero attached hydrogens (tertiary/aromatic N) is 1. The van der Waals surface area contributed by atoms with Crippen LogP contribution in [-0.4, -0.2) is 62.2 Å². The number of esters is 1. The normalized spacial score (nSPS) is 27.2. The maximum absolute atomic E-state index is 12.1. The van der Waals surface area contributed by atoms with Crippen molar-refractivity contribution in [2.24, 2.45) is 5.41 Å². The molecule has 4 nitrogen and oxygen atoms in total. The molecule has 1 rings (SSSR count). The number of carbonyl (C=O) groups excluding carboxylic acids is 1. The van der Waals surface area contributed by atoms with E-state index in [0.29, 0.717) is 0 Å². The van der Waals surface area contributed by atoms with E-state index in [1.807, 2.05) is 25.9 Å². The number of methoxy groups -OCH3 is 1. The van der Waals surface area contributed by atoms with Gasteiger partial charge in [-0.05, 0) is 31.7 Å². The maximum Gasteiger partial charge on any atom is 0.326 e. The number of rotatable bonds is 5. The molecule has 1 atom stereocenters. The van der Waals surface area contributed by atoms with Gasteiger partial charge in [0, 0.05) is 18.8 Å². The molecule has 1 fully saturated rings. The fourth-order valence-electron chi connectivity index (χ4n) is 2.45. The molecule has 0 amide bonds. The van der Waals surface area contributed by atoms with Crippen LogP contribution in [-0.2, 0) is 9.53 Å². The van der Waals surface area contributed by atoms with Crippen LogP contribution in [0.15, 0.2) is 0 Å². The van der Waals surface area contributed by atoms with Gasteiger partial charge in [-0.2, -0.15) is 11.8 Å². The minimum atomic E-state index is -0.517. The first-order valence-electron chi connectivity index (χ1n) is 6.37. The smallest absolute Gasteiger partial charge is 0.326 e. The molecule has 0 saturated carbocycles. The van der Waals surface area contributed by atoms with Crippen molar-refractivity contribution in [3.8, 4) is 0 Å². The second kappa shape index (κ2) is 6.26. The highest BCUT2D eigenvalue weighted by Crippen LogP contribution is 2.39. The SMILES string of the molecule is COC(=O)C1(NCCN(C)C)CSCC(C)(C)C1. The standard InChI is InChI=1S/C13H26N2O2S/c1-12(2)8-13(10-18-9-12,11(16)17-5)14-6-7-15(3)4/h14H,6-10H2,1-5H3. The quantitative estimate of drug-likeness (QED) is 0.763. The van der Waals surface area contributed by atoms with Gasteiger partial charge in [-0.1, -0.05) is 13.8 Å². The Balaban J connectivity index is 2.72. The van der Waals surface area contributed by atoms with Crippen LogP contribution >= 0.6 is 11.8 Å². The van der Waals surface area contributed by atoms with E-state index in [0.717, 1.165) is 31.0 Å². The van der Waals surface area contributed by atoms with Gasteiger partial charge in [0.25, 0.3) is 0 Å². The Hall–Kier alpha value is -0.260. The molecule has 0 aromatic rings. The Labute approximate surface area is 115 Å². The molecule has 5 heteroatoms. The number of hydrogen-bond acceptors (Lipinski definition) is 5. The maximum atomic E-state index is 12.1. The Morgan fingerprint density at radius 2 is 2.06 bits per heavy atom. The van der Waals surface area contributed by atoms with Crippen molar-refractivity contribution in [1.82, 2.24) is 10.2 Å². The first-order valence-corrected chi connectivity index (χ1v) is 7.53. The summed E-state index contributed by atoms with van der Waals surface area (Å²) < 4.78 is 5.02. The van der Waals surface area contributed by atoms with E-state index in [9.17, 15) is 4.79 Å². The third-order valence-electron chi connectivity index (χ3n) is 3.22. The van der Waals surface area contributed by atoms with Gasteiger partial charge < -0.3 is 9.64 Å². The van der Waals surface area contributed by atoms with Crippen molar-refractivity contribution >= 4 is 17.7 Å². The van der Waals surface area contributed by atoms with Crippen LogP contribution in [0.1, 0.15) is 20.3 Å². The largest absolute Gasteiger partial charge is 0.468 e. The lowest BCUT2D eigenvalue weighted by atomic mass is 9.79. The predicted molar refractivity (Wildman–Crippen MR) is 77.0 cm³/mol. The minimum Gasteiger partial charge on any atom is -0.468 e. The summed E-state index contributed by atoms with van der Waals surface area (Å²) in [5.41, 5.74) is -0.348. The van der Waals surface area contributed by atoms with Gasteiger partial charge >= 0.3 is 5.97 Å². The fourth-order valence-corrected chi connectivity index (χ4v) is 3.88. The molecular weight excluding hydrogens is 248 g/mol. The molecule has 1 heterocycles. The van der Waals surface area contributed by atoms with E-state index in [1.54, 1.807) is 0 Å². The Morgan fingerprint density at radius 1 is 1.39 bits per heavy atom. The molecule has 0 spiro atoms. The van der Waals surface area contributed by atoms with E-state index < -0.39 is 5.54 Å². The molecule has 106 valence electrons.